The molecule has 3 N–H and O–H groups in total. The maximum Gasteiger partial charge on any atom is 0.227 e. The molecule has 116 valence electrons. The van der Waals surface area contributed by atoms with Gasteiger partial charge in [0, 0.05) is 43.0 Å². The van der Waals surface area contributed by atoms with Crippen molar-refractivity contribution in [2.75, 3.05) is 30.4 Å². The molecule has 1 atom stereocenters. The lowest BCUT2D eigenvalue weighted by Gasteiger charge is -2.16. The van der Waals surface area contributed by atoms with Crippen molar-refractivity contribution in [1.29, 1.82) is 0 Å². The van der Waals surface area contributed by atoms with Crippen molar-refractivity contribution < 1.29 is 0 Å². The second-order valence-electron chi connectivity index (χ2n) is 6.07. The van der Waals surface area contributed by atoms with E-state index in [1.54, 1.807) is 6.20 Å². The van der Waals surface area contributed by atoms with Crippen LogP contribution in [0.5, 0.6) is 0 Å². The van der Waals surface area contributed by atoms with Crippen molar-refractivity contribution in [2.24, 2.45) is 0 Å². The first kappa shape index (κ1) is 13.5. The van der Waals surface area contributed by atoms with Gasteiger partial charge < -0.3 is 15.5 Å². The minimum atomic E-state index is 0.521. The quantitative estimate of drug-likeness (QED) is 0.778. The minimum Gasteiger partial charge on any atom is -0.339 e. The molecule has 1 saturated carbocycles. The van der Waals surface area contributed by atoms with Gasteiger partial charge in [-0.1, -0.05) is 0 Å². The molecule has 0 aromatic carbocycles. The fourth-order valence-corrected chi connectivity index (χ4v) is 2.88. The van der Waals surface area contributed by atoms with Gasteiger partial charge in [-0.3, -0.25) is 5.10 Å². The molecule has 0 unspecified atom stereocenters. The molecule has 22 heavy (non-hydrogen) atoms. The van der Waals surface area contributed by atoms with Crippen LogP contribution in [0.1, 0.15) is 30.9 Å². The van der Waals surface area contributed by atoms with Crippen LogP contribution in [0.4, 0.5) is 17.6 Å². The topological polar surface area (TPSA) is 81.8 Å². The zero-order valence-electron chi connectivity index (χ0n) is 12.7. The second-order valence-corrected chi connectivity index (χ2v) is 6.07. The summed E-state index contributed by atoms with van der Waals surface area (Å²) in [5, 5.41) is 14.0. The summed E-state index contributed by atoms with van der Waals surface area (Å²) >= 11 is 0. The smallest absolute Gasteiger partial charge is 0.227 e. The monoisotopic (exact) mass is 299 g/mol. The first-order valence-corrected chi connectivity index (χ1v) is 7.89. The highest BCUT2D eigenvalue weighted by Crippen LogP contribution is 2.39. The van der Waals surface area contributed by atoms with Gasteiger partial charge in [0.05, 0.1) is 0 Å². The maximum absolute atomic E-state index is 4.61. The zero-order valence-corrected chi connectivity index (χ0v) is 12.7. The first-order chi connectivity index (χ1) is 10.8. The fraction of sp³-hybridized carbons (Fsp3) is 0.533. The number of aromatic amines is 1. The molecular formula is C15H21N7. The number of nitrogens with one attached hydrogen (secondary N) is 3. The van der Waals surface area contributed by atoms with Gasteiger partial charge in [-0.2, -0.15) is 10.1 Å². The second kappa shape index (κ2) is 5.57. The van der Waals surface area contributed by atoms with Crippen molar-refractivity contribution in [1.82, 2.24) is 25.5 Å². The molecule has 4 rings (SSSR count). The molecule has 3 heterocycles. The largest absolute Gasteiger partial charge is 0.339 e. The Morgan fingerprint density at radius 1 is 1.27 bits per heavy atom. The van der Waals surface area contributed by atoms with E-state index in [4.69, 9.17) is 0 Å². The summed E-state index contributed by atoms with van der Waals surface area (Å²) < 4.78 is 0. The molecule has 0 spiro atoms. The van der Waals surface area contributed by atoms with E-state index in [1.165, 1.54) is 18.5 Å². The molecule has 2 fully saturated rings. The van der Waals surface area contributed by atoms with Crippen LogP contribution in [0.15, 0.2) is 18.3 Å². The Balaban J connectivity index is 1.46. The highest BCUT2D eigenvalue weighted by molar-refractivity contribution is 5.53. The van der Waals surface area contributed by atoms with Crippen molar-refractivity contribution >= 4 is 17.6 Å². The number of nitrogens with zero attached hydrogens (tertiary/aromatic N) is 4. The van der Waals surface area contributed by atoms with Crippen LogP contribution < -0.4 is 15.5 Å². The van der Waals surface area contributed by atoms with Crippen LogP contribution >= 0.6 is 0 Å². The van der Waals surface area contributed by atoms with Gasteiger partial charge >= 0.3 is 0 Å². The third-order valence-corrected chi connectivity index (χ3v) is 4.39. The molecule has 1 aliphatic carbocycles. The Bertz CT molecular complexity index is 649. The average molecular weight is 299 g/mol. The van der Waals surface area contributed by atoms with Crippen LogP contribution in [0.25, 0.3) is 0 Å². The van der Waals surface area contributed by atoms with E-state index in [0.717, 1.165) is 37.1 Å². The molecule has 0 amide bonds. The molecular weight excluding hydrogens is 278 g/mol. The van der Waals surface area contributed by atoms with Gasteiger partial charge in [-0.05, 0) is 32.4 Å². The number of rotatable bonds is 5. The summed E-state index contributed by atoms with van der Waals surface area (Å²) in [7, 11) is 2.00. The van der Waals surface area contributed by atoms with Crippen molar-refractivity contribution in [2.45, 2.75) is 31.2 Å². The van der Waals surface area contributed by atoms with Crippen LogP contribution in [-0.4, -0.2) is 46.3 Å². The highest BCUT2D eigenvalue weighted by Gasteiger charge is 2.26. The van der Waals surface area contributed by atoms with E-state index >= 15 is 0 Å². The van der Waals surface area contributed by atoms with Gasteiger partial charge in [0.2, 0.25) is 5.95 Å². The van der Waals surface area contributed by atoms with Crippen molar-refractivity contribution in [3.8, 4) is 0 Å². The maximum atomic E-state index is 4.61. The third-order valence-electron chi connectivity index (χ3n) is 4.39. The fourth-order valence-electron chi connectivity index (χ4n) is 2.88. The van der Waals surface area contributed by atoms with Gasteiger partial charge in [-0.15, -0.1) is 0 Å². The number of hydrogen-bond acceptors (Lipinski definition) is 6. The van der Waals surface area contributed by atoms with E-state index in [1.807, 2.05) is 13.1 Å². The summed E-state index contributed by atoms with van der Waals surface area (Å²) in [6.07, 6.45) is 5.45. The summed E-state index contributed by atoms with van der Waals surface area (Å²) in [5.41, 5.74) is 1.22. The Labute approximate surface area is 129 Å². The SMILES string of the molecule is CN[C@H]1CCN(c2nccc(Nc3cc(C4CC4)[nH]n3)n2)C1. The van der Waals surface area contributed by atoms with Crippen LogP contribution in [0, 0.1) is 0 Å². The molecule has 2 aromatic heterocycles. The van der Waals surface area contributed by atoms with Gasteiger partial charge in [0.1, 0.15) is 5.82 Å². The first-order valence-electron chi connectivity index (χ1n) is 7.89. The lowest BCUT2D eigenvalue weighted by Crippen LogP contribution is -2.30. The van der Waals surface area contributed by atoms with Crippen LogP contribution in [0.3, 0.4) is 0 Å². The Hall–Kier alpha value is -2.15. The molecule has 1 saturated heterocycles. The molecule has 2 aliphatic rings. The number of aromatic nitrogens is 4. The number of H-pyrrole nitrogens is 1. The Kier molecular flexibility index (Phi) is 3.42. The average Bonchev–Trinajstić information content (AvgIpc) is 3.10. The lowest BCUT2D eigenvalue weighted by atomic mass is 10.3. The van der Waals surface area contributed by atoms with Gasteiger partial charge in [0.15, 0.2) is 5.82 Å². The van der Waals surface area contributed by atoms with Crippen LogP contribution in [-0.2, 0) is 0 Å². The standard InChI is InChI=1S/C15H21N7/c1-16-11-5-7-22(9-11)15-17-6-4-13(19-15)18-14-8-12(20-21-14)10-2-3-10/h4,6,8,10-11,16H,2-3,5,7,9H2,1H3,(H2,17,18,19,20,21)/t11-/m0/s1. The third kappa shape index (κ3) is 2.76. The van der Waals surface area contributed by atoms with Crippen molar-refractivity contribution in [3.05, 3.63) is 24.0 Å². The molecule has 7 nitrogen and oxygen atoms in total. The predicted octanol–water partition coefficient (Wildman–Crippen LogP) is 1.62. The Morgan fingerprint density at radius 3 is 2.95 bits per heavy atom. The summed E-state index contributed by atoms with van der Waals surface area (Å²) in [5.74, 6) is 3.06. The molecule has 2 aromatic rings. The van der Waals surface area contributed by atoms with E-state index in [9.17, 15) is 0 Å². The van der Waals surface area contributed by atoms with E-state index in [0.29, 0.717) is 12.0 Å². The number of anilines is 3. The predicted molar refractivity (Wildman–Crippen MR) is 85.6 cm³/mol. The van der Waals surface area contributed by atoms with E-state index < -0.39 is 0 Å². The summed E-state index contributed by atoms with van der Waals surface area (Å²) in [6.45, 7) is 1.94. The van der Waals surface area contributed by atoms with Gasteiger partial charge in [-0.25, -0.2) is 4.98 Å². The molecule has 0 radical (unpaired) electrons. The van der Waals surface area contributed by atoms with Crippen molar-refractivity contribution in [3.63, 3.8) is 0 Å². The highest BCUT2D eigenvalue weighted by atomic mass is 15.3. The molecule has 7 heteroatoms. The Morgan fingerprint density at radius 2 is 2.18 bits per heavy atom. The summed E-state index contributed by atoms with van der Waals surface area (Å²) in [4.78, 5) is 11.2. The number of hydrogen-bond donors (Lipinski definition) is 3. The van der Waals surface area contributed by atoms with E-state index in [-0.39, 0.29) is 0 Å². The molecule has 0 bridgehead atoms. The zero-order chi connectivity index (χ0) is 14.9. The van der Waals surface area contributed by atoms with E-state index in [2.05, 4.69) is 41.8 Å². The minimum absolute atomic E-state index is 0.521. The summed E-state index contributed by atoms with van der Waals surface area (Å²) in [6, 6.07) is 4.47. The number of likely N-dealkylation sites (N-methyl/N-ethyl adjacent to an activating group) is 1. The lowest BCUT2D eigenvalue weighted by molar-refractivity contribution is 0.616. The normalized spacial score (nSPS) is 21.3. The molecule has 1 aliphatic heterocycles. The van der Waals surface area contributed by atoms with Gasteiger partial charge in [0.25, 0.3) is 0 Å². The van der Waals surface area contributed by atoms with Crippen LogP contribution in [0.2, 0.25) is 0 Å².